The fourth-order valence-corrected chi connectivity index (χ4v) is 3.19. The Labute approximate surface area is 128 Å². The van der Waals surface area contributed by atoms with Crippen LogP contribution in [0.2, 0.25) is 5.02 Å². The number of hydrogen-bond acceptors (Lipinski definition) is 2. The van der Waals surface area contributed by atoms with E-state index in [-0.39, 0.29) is 0 Å². The molecule has 0 aromatic heterocycles. The highest BCUT2D eigenvalue weighted by atomic mass is 35.5. The molecule has 0 spiro atoms. The molecule has 1 aliphatic rings. The molecule has 3 atom stereocenters. The highest BCUT2D eigenvalue weighted by molar-refractivity contribution is 6.30. The van der Waals surface area contributed by atoms with Crippen molar-refractivity contribution in [2.45, 2.75) is 46.2 Å². The first-order chi connectivity index (χ1) is 9.52. The van der Waals surface area contributed by atoms with Crippen LogP contribution in [-0.2, 0) is 0 Å². The van der Waals surface area contributed by atoms with Crippen LogP contribution in [0.25, 0.3) is 0 Å². The molecule has 0 bridgehead atoms. The number of halogens is 1. The summed E-state index contributed by atoms with van der Waals surface area (Å²) in [5.74, 6) is 1.32. The molecule has 1 heterocycles. The molecule has 0 radical (unpaired) electrons. The van der Waals surface area contributed by atoms with E-state index in [4.69, 9.17) is 11.6 Å². The third-order valence-electron chi connectivity index (χ3n) is 4.62. The van der Waals surface area contributed by atoms with Gasteiger partial charge in [-0.1, -0.05) is 51.8 Å². The van der Waals surface area contributed by atoms with E-state index in [1.165, 1.54) is 12.1 Å². The second-order valence-corrected chi connectivity index (χ2v) is 6.78. The van der Waals surface area contributed by atoms with Gasteiger partial charge in [0.15, 0.2) is 0 Å². The molecule has 2 nitrogen and oxygen atoms in total. The van der Waals surface area contributed by atoms with Crippen molar-refractivity contribution in [3.8, 4) is 0 Å². The van der Waals surface area contributed by atoms with Gasteiger partial charge in [-0.25, -0.2) is 0 Å². The molecule has 1 fully saturated rings. The molecular formula is C17H27ClN2. The molecule has 1 N–H and O–H groups in total. The van der Waals surface area contributed by atoms with Gasteiger partial charge in [0, 0.05) is 35.9 Å². The SMILES string of the molecule is CCC(C)C1CN(c2cccc(Cl)c2)C(C(C)C)CN1. The summed E-state index contributed by atoms with van der Waals surface area (Å²) in [5, 5.41) is 4.56. The largest absolute Gasteiger partial charge is 0.365 e. The zero-order chi connectivity index (χ0) is 14.7. The van der Waals surface area contributed by atoms with Crippen molar-refractivity contribution in [1.29, 1.82) is 0 Å². The Morgan fingerprint density at radius 2 is 2.10 bits per heavy atom. The molecule has 3 heteroatoms. The van der Waals surface area contributed by atoms with E-state index in [1.807, 2.05) is 6.07 Å². The Morgan fingerprint density at radius 3 is 2.70 bits per heavy atom. The molecule has 0 amide bonds. The number of rotatable bonds is 4. The van der Waals surface area contributed by atoms with Crippen LogP contribution < -0.4 is 10.2 Å². The maximum absolute atomic E-state index is 6.18. The normalized spacial score (nSPS) is 25.0. The van der Waals surface area contributed by atoms with Crippen molar-refractivity contribution in [3.05, 3.63) is 29.3 Å². The van der Waals surface area contributed by atoms with E-state index in [2.05, 4.69) is 56.1 Å². The lowest BCUT2D eigenvalue weighted by molar-refractivity contribution is 0.281. The standard InChI is InChI=1S/C17H27ClN2/c1-5-13(4)16-11-20(17(10-19-16)12(2)3)15-8-6-7-14(18)9-15/h6-9,12-13,16-17,19H,5,10-11H2,1-4H3. The van der Waals surface area contributed by atoms with E-state index in [1.54, 1.807) is 0 Å². The van der Waals surface area contributed by atoms with Gasteiger partial charge in [-0.2, -0.15) is 0 Å². The summed E-state index contributed by atoms with van der Waals surface area (Å²) in [6, 6.07) is 9.37. The minimum atomic E-state index is 0.536. The second-order valence-electron chi connectivity index (χ2n) is 6.34. The molecule has 112 valence electrons. The van der Waals surface area contributed by atoms with Gasteiger partial charge >= 0.3 is 0 Å². The van der Waals surface area contributed by atoms with Gasteiger partial charge < -0.3 is 10.2 Å². The third kappa shape index (κ3) is 3.48. The lowest BCUT2D eigenvalue weighted by Crippen LogP contribution is -2.60. The van der Waals surface area contributed by atoms with E-state index in [0.29, 0.717) is 23.9 Å². The zero-order valence-electron chi connectivity index (χ0n) is 13.1. The summed E-state index contributed by atoms with van der Waals surface area (Å²) in [6.07, 6.45) is 1.22. The highest BCUT2D eigenvalue weighted by Crippen LogP contribution is 2.27. The summed E-state index contributed by atoms with van der Waals surface area (Å²) < 4.78 is 0. The Morgan fingerprint density at radius 1 is 1.35 bits per heavy atom. The van der Waals surface area contributed by atoms with Crippen LogP contribution in [0.5, 0.6) is 0 Å². The monoisotopic (exact) mass is 294 g/mol. The third-order valence-corrected chi connectivity index (χ3v) is 4.86. The fourth-order valence-electron chi connectivity index (χ4n) is 3.01. The number of piperazine rings is 1. The van der Waals surface area contributed by atoms with Crippen molar-refractivity contribution < 1.29 is 0 Å². The van der Waals surface area contributed by atoms with Crippen LogP contribution in [0, 0.1) is 11.8 Å². The van der Waals surface area contributed by atoms with Crippen LogP contribution >= 0.6 is 11.6 Å². The number of nitrogens with one attached hydrogen (secondary N) is 1. The van der Waals surface area contributed by atoms with E-state index < -0.39 is 0 Å². The number of nitrogens with zero attached hydrogens (tertiary/aromatic N) is 1. The predicted octanol–water partition coefficient (Wildman–Crippen LogP) is 4.19. The van der Waals surface area contributed by atoms with Gasteiger partial charge in [0.1, 0.15) is 0 Å². The first-order valence-corrected chi connectivity index (χ1v) is 8.16. The summed E-state index contributed by atoms with van der Waals surface area (Å²) >= 11 is 6.18. The minimum absolute atomic E-state index is 0.536. The Hall–Kier alpha value is -0.730. The molecule has 2 rings (SSSR count). The maximum Gasteiger partial charge on any atom is 0.0438 e. The highest BCUT2D eigenvalue weighted by Gasteiger charge is 2.31. The molecule has 0 saturated carbocycles. The molecule has 1 aromatic carbocycles. The summed E-state index contributed by atoms with van der Waals surface area (Å²) in [4.78, 5) is 2.55. The molecule has 0 aliphatic carbocycles. The first-order valence-electron chi connectivity index (χ1n) is 7.78. The zero-order valence-corrected chi connectivity index (χ0v) is 13.8. The molecule has 1 aromatic rings. The molecule has 1 aliphatic heterocycles. The summed E-state index contributed by atoms with van der Waals surface area (Å²) in [6.45, 7) is 11.3. The lowest BCUT2D eigenvalue weighted by Gasteiger charge is -2.45. The average Bonchev–Trinajstić information content (AvgIpc) is 2.45. The molecular weight excluding hydrogens is 268 g/mol. The van der Waals surface area contributed by atoms with Crippen molar-refractivity contribution in [2.75, 3.05) is 18.0 Å². The van der Waals surface area contributed by atoms with Crippen LogP contribution in [0.3, 0.4) is 0 Å². The average molecular weight is 295 g/mol. The van der Waals surface area contributed by atoms with Gasteiger partial charge in [-0.05, 0) is 30.0 Å². The number of benzene rings is 1. The van der Waals surface area contributed by atoms with E-state index in [0.717, 1.165) is 18.1 Å². The van der Waals surface area contributed by atoms with Gasteiger partial charge in [-0.15, -0.1) is 0 Å². The number of anilines is 1. The Kier molecular flexibility index (Phi) is 5.34. The fraction of sp³-hybridized carbons (Fsp3) is 0.647. The van der Waals surface area contributed by atoms with Crippen molar-refractivity contribution >= 4 is 17.3 Å². The van der Waals surface area contributed by atoms with E-state index >= 15 is 0 Å². The molecule has 3 unspecified atom stereocenters. The Bertz CT molecular complexity index is 433. The smallest absolute Gasteiger partial charge is 0.0438 e. The lowest BCUT2D eigenvalue weighted by atomic mass is 9.91. The van der Waals surface area contributed by atoms with Crippen LogP contribution in [0.4, 0.5) is 5.69 Å². The van der Waals surface area contributed by atoms with Crippen molar-refractivity contribution in [3.63, 3.8) is 0 Å². The van der Waals surface area contributed by atoms with E-state index in [9.17, 15) is 0 Å². The van der Waals surface area contributed by atoms with Crippen LogP contribution in [-0.4, -0.2) is 25.2 Å². The minimum Gasteiger partial charge on any atom is -0.365 e. The first kappa shape index (κ1) is 15.7. The van der Waals surface area contributed by atoms with Gasteiger partial charge in [-0.3, -0.25) is 0 Å². The molecule has 20 heavy (non-hydrogen) atoms. The van der Waals surface area contributed by atoms with Crippen molar-refractivity contribution in [2.24, 2.45) is 11.8 Å². The van der Waals surface area contributed by atoms with Crippen molar-refractivity contribution in [1.82, 2.24) is 5.32 Å². The number of hydrogen-bond donors (Lipinski definition) is 1. The van der Waals surface area contributed by atoms with Crippen LogP contribution in [0.15, 0.2) is 24.3 Å². The van der Waals surface area contributed by atoms with Gasteiger partial charge in [0.05, 0.1) is 0 Å². The predicted molar refractivity (Wildman–Crippen MR) is 88.7 cm³/mol. The summed E-state index contributed by atoms with van der Waals surface area (Å²) in [5.41, 5.74) is 1.26. The second kappa shape index (κ2) is 6.82. The topological polar surface area (TPSA) is 15.3 Å². The maximum atomic E-state index is 6.18. The Balaban J connectivity index is 2.23. The van der Waals surface area contributed by atoms with Gasteiger partial charge in [0.2, 0.25) is 0 Å². The molecule has 1 saturated heterocycles. The van der Waals surface area contributed by atoms with Crippen LogP contribution in [0.1, 0.15) is 34.1 Å². The quantitative estimate of drug-likeness (QED) is 0.896. The summed E-state index contributed by atoms with van der Waals surface area (Å²) in [7, 11) is 0. The van der Waals surface area contributed by atoms with Gasteiger partial charge in [0.25, 0.3) is 0 Å².